The molecular weight excluding hydrogens is 208 g/mol. The van der Waals surface area contributed by atoms with Crippen molar-refractivity contribution in [2.75, 3.05) is 26.2 Å². The number of aliphatic hydroxyl groups excluding tert-OH is 1. The van der Waals surface area contributed by atoms with Gasteiger partial charge in [0.05, 0.1) is 6.10 Å². The molecule has 0 radical (unpaired) electrons. The number of carboxylic acid groups (broad SMARTS) is 1. The van der Waals surface area contributed by atoms with Crippen molar-refractivity contribution in [2.24, 2.45) is 0 Å². The molecule has 5 nitrogen and oxygen atoms in total. The maximum Gasteiger partial charge on any atom is 0.320 e. The largest absolute Gasteiger partial charge is 0.480 e. The quantitative estimate of drug-likeness (QED) is 0.703. The fourth-order valence-corrected chi connectivity index (χ4v) is 1.99. The molecule has 3 unspecified atom stereocenters. The number of aliphatic hydroxyl groups is 1. The zero-order valence-electron chi connectivity index (χ0n) is 10.3. The Balaban J connectivity index is 2.42. The summed E-state index contributed by atoms with van der Waals surface area (Å²) in [6.45, 7) is 8.66. The molecule has 0 aromatic carbocycles. The maximum atomic E-state index is 10.8. The van der Waals surface area contributed by atoms with Crippen molar-refractivity contribution in [3.63, 3.8) is 0 Å². The highest BCUT2D eigenvalue weighted by molar-refractivity contribution is 5.72. The summed E-state index contributed by atoms with van der Waals surface area (Å²) in [7, 11) is 0. The first-order valence-corrected chi connectivity index (χ1v) is 5.82. The van der Waals surface area contributed by atoms with E-state index in [0.29, 0.717) is 0 Å². The Morgan fingerprint density at radius 1 is 1.06 bits per heavy atom. The summed E-state index contributed by atoms with van der Waals surface area (Å²) in [5.74, 6) is -0.767. The highest BCUT2D eigenvalue weighted by Crippen LogP contribution is 2.11. The summed E-state index contributed by atoms with van der Waals surface area (Å²) in [6, 6.07) is -0.272. The first kappa shape index (κ1) is 13.4. The van der Waals surface area contributed by atoms with Crippen molar-refractivity contribution >= 4 is 5.97 Å². The molecule has 2 N–H and O–H groups in total. The number of hydrogen-bond donors (Lipinski definition) is 2. The molecule has 1 aliphatic rings. The molecule has 1 aliphatic heterocycles. The minimum atomic E-state index is -0.767. The molecule has 0 saturated carbocycles. The van der Waals surface area contributed by atoms with E-state index in [9.17, 15) is 9.90 Å². The number of piperazine rings is 1. The number of rotatable bonds is 4. The number of hydrogen-bond acceptors (Lipinski definition) is 4. The van der Waals surface area contributed by atoms with Crippen LogP contribution in [0.25, 0.3) is 0 Å². The van der Waals surface area contributed by atoms with Crippen LogP contribution in [-0.4, -0.2) is 70.3 Å². The van der Waals surface area contributed by atoms with E-state index in [2.05, 4.69) is 4.90 Å². The third-order valence-corrected chi connectivity index (χ3v) is 3.53. The zero-order valence-corrected chi connectivity index (χ0v) is 10.3. The predicted molar refractivity (Wildman–Crippen MR) is 61.4 cm³/mol. The van der Waals surface area contributed by atoms with Crippen molar-refractivity contribution < 1.29 is 15.0 Å². The van der Waals surface area contributed by atoms with Crippen molar-refractivity contribution in [1.82, 2.24) is 9.80 Å². The molecule has 0 spiro atoms. The van der Waals surface area contributed by atoms with Crippen LogP contribution in [0.5, 0.6) is 0 Å². The highest BCUT2D eigenvalue weighted by atomic mass is 16.4. The lowest BCUT2D eigenvalue weighted by Gasteiger charge is -2.40. The lowest BCUT2D eigenvalue weighted by atomic mass is 10.1. The van der Waals surface area contributed by atoms with Gasteiger partial charge in [-0.15, -0.1) is 0 Å². The SMILES string of the molecule is CC(O)C(C)N1CCN(C(C)C(=O)O)CC1. The fourth-order valence-electron chi connectivity index (χ4n) is 1.99. The third kappa shape index (κ3) is 3.17. The predicted octanol–water partition coefficient (Wildman–Crippen LogP) is -0.154. The summed E-state index contributed by atoms with van der Waals surface area (Å²) in [6.07, 6.45) is -0.344. The van der Waals surface area contributed by atoms with Gasteiger partial charge in [0, 0.05) is 32.2 Å². The van der Waals surface area contributed by atoms with Crippen LogP contribution in [0.3, 0.4) is 0 Å². The van der Waals surface area contributed by atoms with Gasteiger partial charge in [-0.2, -0.15) is 0 Å². The Labute approximate surface area is 96.7 Å². The van der Waals surface area contributed by atoms with Crippen molar-refractivity contribution in [3.8, 4) is 0 Å². The summed E-state index contributed by atoms with van der Waals surface area (Å²) in [5.41, 5.74) is 0. The summed E-state index contributed by atoms with van der Waals surface area (Å²) >= 11 is 0. The van der Waals surface area contributed by atoms with Gasteiger partial charge in [-0.05, 0) is 20.8 Å². The van der Waals surface area contributed by atoms with E-state index in [0.717, 1.165) is 26.2 Å². The Bertz CT molecular complexity index is 237. The molecule has 5 heteroatoms. The Hall–Kier alpha value is -0.650. The molecule has 1 fully saturated rings. The Kier molecular flexibility index (Phi) is 4.70. The van der Waals surface area contributed by atoms with Crippen LogP contribution in [-0.2, 0) is 4.79 Å². The van der Waals surface area contributed by atoms with Crippen LogP contribution in [0, 0.1) is 0 Å². The van der Waals surface area contributed by atoms with E-state index in [1.165, 1.54) is 0 Å². The molecule has 3 atom stereocenters. The molecule has 0 aliphatic carbocycles. The minimum absolute atomic E-state index is 0.141. The first-order chi connectivity index (χ1) is 7.43. The summed E-state index contributed by atoms with van der Waals surface area (Å²) in [5, 5.41) is 18.4. The standard InChI is InChI=1S/C11H22N2O3/c1-8(10(3)14)12-4-6-13(7-5-12)9(2)11(15)16/h8-10,14H,4-7H2,1-3H3,(H,15,16). The molecule has 0 aromatic rings. The van der Waals surface area contributed by atoms with E-state index in [-0.39, 0.29) is 12.1 Å². The van der Waals surface area contributed by atoms with Gasteiger partial charge in [0.15, 0.2) is 0 Å². The van der Waals surface area contributed by atoms with Gasteiger partial charge in [0.25, 0.3) is 0 Å². The van der Waals surface area contributed by atoms with E-state index in [1.54, 1.807) is 13.8 Å². The van der Waals surface area contributed by atoms with Gasteiger partial charge < -0.3 is 10.2 Å². The molecule has 0 aromatic heterocycles. The van der Waals surface area contributed by atoms with Gasteiger partial charge >= 0.3 is 5.97 Å². The lowest BCUT2D eigenvalue weighted by Crippen LogP contribution is -2.55. The van der Waals surface area contributed by atoms with Gasteiger partial charge in [-0.3, -0.25) is 14.6 Å². The Morgan fingerprint density at radius 2 is 1.50 bits per heavy atom. The molecule has 1 heterocycles. The number of aliphatic carboxylic acids is 1. The number of nitrogens with zero attached hydrogens (tertiary/aromatic N) is 2. The van der Waals surface area contributed by atoms with Crippen LogP contribution in [0.4, 0.5) is 0 Å². The molecule has 16 heavy (non-hydrogen) atoms. The number of carbonyl (C=O) groups is 1. The second-order valence-corrected chi connectivity index (χ2v) is 4.57. The summed E-state index contributed by atoms with van der Waals surface area (Å²) in [4.78, 5) is 15.0. The molecule has 0 amide bonds. The molecule has 0 bridgehead atoms. The third-order valence-electron chi connectivity index (χ3n) is 3.53. The molecule has 94 valence electrons. The van der Waals surface area contributed by atoms with Crippen molar-refractivity contribution in [3.05, 3.63) is 0 Å². The summed E-state index contributed by atoms with van der Waals surface area (Å²) < 4.78 is 0. The second-order valence-electron chi connectivity index (χ2n) is 4.57. The van der Waals surface area contributed by atoms with Gasteiger partial charge in [0.2, 0.25) is 0 Å². The number of carboxylic acids is 1. The van der Waals surface area contributed by atoms with Crippen LogP contribution >= 0.6 is 0 Å². The Morgan fingerprint density at radius 3 is 1.88 bits per heavy atom. The smallest absolute Gasteiger partial charge is 0.320 e. The van der Waals surface area contributed by atoms with Gasteiger partial charge in [0.1, 0.15) is 6.04 Å². The van der Waals surface area contributed by atoms with Crippen LogP contribution < -0.4 is 0 Å². The average molecular weight is 230 g/mol. The van der Waals surface area contributed by atoms with E-state index in [1.807, 2.05) is 11.8 Å². The highest BCUT2D eigenvalue weighted by Gasteiger charge is 2.28. The fraction of sp³-hybridized carbons (Fsp3) is 0.909. The molecular formula is C11H22N2O3. The van der Waals surface area contributed by atoms with Crippen LogP contribution in [0.2, 0.25) is 0 Å². The first-order valence-electron chi connectivity index (χ1n) is 5.82. The maximum absolute atomic E-state index is 10.8. The normalized spacial score (nSPS) is 25.0. The molecule has 1 saturated heterocycles. The minimum Gasteiger partial charge on any atom is -0.480 e. The van der Waals surface area contributed by atoms with Gasteiger partial charge in [-0.25, -0.2) is 0 Å². The second kappa shape index (κ2) is 5.61. The van der Waals surface area contributed by atoms with E-state index < -0.39 is 12.0 Å². The molecule has 1 rings (SSSR count). The zero-order chi connectivity index (χ0) is 12.3. The van der Waals surface area contributed by atoms with Gasteiger partial charge in [-0.1, -0.05) is 0 Å². The monoisotopic (exact) mass is 230 g/mol. The van der Waals surface area contributed by atoms with E-state index in [4.69, 9.17) is 5.11 Å². The average Bonchev–Trinajstić information content (AvgIpc) is 2.27. The lowest BCUT2D eigenvalue weighted by molar-refractivity contribution is -0.143. The van der Waals surface area contributed by atoms with Crippen molar-refractivity contribution in [1.29, 1.82) is 0 Å². The van der Waals surface area contributed by atoms with Crippen LogP contribution in [0.1, 0.15) is 20.8 Å². The van der Waals surface area contributed by atoms with Crippen molar-refractivity contribution in [2.45, 2.75) is 39.0 Å². The van der Waals surface area contributed by atoms with Crippen LogP contribution in [0.15, 0.2) is 0 Å². The van der Waals surface area contributed by atoms with E-state index >= 15 is 0 Å². The topological polar surface area (TPSA) is 64.0 Å².